The predicted octanol–water partition coefficient (Wildman–Crippen LogP) is 2.77. The van der Waals surface area contributed by atoms with Crippen LogP contribution < -0.4 is 0 Å². The van der Waals surface area contributed by atoms with Crippen molar-refractivity contribution in [3.8, 4) is 11.4 Å². The van der Waals surface area contributed by atoms with Gasteiger partial charge in [0.1, 0.15) is 5.82 Å². The number of carbonyl (C=O) groups excluding carboxylic acids is 1. The molecule has 3 heterocycles. The van der Waals surface area contributed by atoms with E-state index in [1.807, 2.05) is 16.9 Å². The minimum atomic E-state index is -0.341. The third-order valence-corrected chi connectivity index (χ3v) is 5.21. The Labute approximate surface area is 162 Å². The van der Waals surface area contributed by atoms with Crippen LogP contribution in [0.4, 0.5) is 4.39 Å². The fraction of sp³-hybridized carbons (Fsp3) is 0.350. The van der Waals surface area contributed by atoms with E-state index in [-0.39, 0.29) is 23.2 Å². The minimum Gasteiger partial charge on any atom is -0.504 e. The second kappa shape index (κ2) is 7.46. The highest BCUT2D eigenvalue weighted by Crippen LogP contribution is 2.25. The highest BCUT2D eigenvalue weighted by atomic mass is 19.1. The molecular weight excluding hydrogens is 361 g/mol. The van der Waals surface area contributed by atoms with Crippen LogP contribution in [0.25, 0.3) is 5.69 Å². The van der Waals surface area contributed by atoms with Crippen LogP contribution in [0.2, 0.25) is 0 Å². The molecule has 0 unspecified atom stereocenters. The van der Waals surface area contributed by atoms with Gasteiger partial charge in [0.05, 0.1) is 11.9 Å². The molecule has 1 aliphatic heterocycles. The zero-order valence-corrected chi connectivity index (χ0v) is 15.6. The van der Waals surface area contributed by atoms with Gasteiger partial charge in [0.2, 0.25) is 0 Å². The monoisotopic (exact) mass is 383 g/mol. The van der Waals surface area contributed by atoms with Gasteiger partial charge < -0.3 is 10.0 Å². The zero-order valence-electron chi connectivity index (χ0n) is 15.6. The molecule has 1 saturated heterocycles. The fourth-order valence-corrected chi connectivity index (χ4v) is 3.66. The Hall–Kier alpha value is -3.16. The number of hydrogen-bond donors (Lipinski definition) is 1. The number of benzene rings is 1. The third kappa shape index (κ3) is 3.62. The summed E-state index contributed by atoms with van der Waals surface area (Å²) in [5.41, 5.74) is 1.31. The van der Waals surface area contributed by atoms with E-state index in [1.165, 1.54) is 23.0 Å². The Kier molecular flexibility index (Phi) is 4.85. The number of halogens is 1. The first-order valence-electron chi connectivity index (χ1n) is 9.33. The second-order valence-corrected chi connectivity index (χ2v) is 7.20. The Balaban J connectivity index is 1.45. The van der Waals surface area contributed by atoms with Crippen molar-refractivity contribution in [2.24, 2.45) is 5.92 Å². The van der Waals surface area contributed by atoms with E-state index in [2.05, 4.69) is 10.2 Å². The van der Waals surface area contributed by atoms with Crippen LogP contribution in [0, 0.1) is 18.7 Å². The number of aromatic nitrogens is 4. The molecule has 1 aromatic carbocycles. The molecule has 28 heavy (non-hydrogen) atoms. The first kappa shape index (κ1) is 18.2. The maximum Gasteiger partial charge on any atom is 0.278 e. The molecule has 1 amide bonds. The molecule has 0 radical (unpaired) electrons. The zero-order chi connectivity index (χ0) is 19.7. The third-order valence-electron chi connectivity index (χ3n) is 5.21. The maximum absolute atomic E-state index is 13.3. The number of rotatable bonds is 4. The summed E-state index contributed by atoms with van der Waals surface area (Å²) in [5, 5.41) is 18.7. The number of aromatic hydroxyl groups is 1. The lowest BCUT2D eigenvalue weighted by atomic mass is 9.96. The van der Waals surface area contributed by atoms with E-state index in [4.69, 9.17) is 0 Å². The van der Waals surface area contributed by atoms with Crippen LogP contribution in [-0.2, 0) is 6.54 Å². The van der Waals surface area contributed by atoms with E-state index in [1.54, 1.807) is 24.1 Å². The maximum atomic E-state index is 13.3. The van der Waals surface area contributed by atoms with Crippen LogP contribution in [0.5, 0.6) is 5.75 Å². The molecule has 4 rings (SSSR count). The van der Waals surface area contributed by atoms with E-state index in [0.29, 0.717) is 30.3 Å². The van der Waals surface area contributed by atoms with E-state index in [9.17, 15) is 14.3 Å². The summed E-state index contributed by atoms with van der Waals surface area (Å²) in [4.78, 5) is 14.6. The van der Waals surface area contributed by atoms with Crippen LogP contribution in [0.3, 0.4) is 0 Å². The Bertz CT molecular complexity index is 975. The van der Waals surface area contributed by atoms with Gasteiger partial charge in [0.25, 0.3) is 5.91 Å². The molecule has 0 bridgehead atoms. The van der Waals surface area contributed by atoms with Crippen molar-refractivity contribution < 1.29 is 14.3 Å². The number of piperidine rings is 1. The largest absolute Gasteiger partial charge is 0.504 e. The van der Waals surface area contributed by atoms with Gasteiger partial charge in [0, 0.05) is 32.0 Å². The molecule has 7 nitrogen and oxygen atoms in total. The van der Waals surface area contributed by atoms with Gasteiger partial charge in [-0.3, -0.25) is 9.48 Å². The summed E-state index contributed by atoms with van der Waals surface area (Å²) in [6.07, 6.45) is 6.85. The lowest BCUT2D eigenvalue weighted by Gasteiger charge is -2.31. The van der Waals surface area contributed by atoms with Gasteiger partial charge in [-0.05, 0) is 55.5 Å². The Morgan fingerprint density at radius 2 is 2.11 bits per heavy atom. The van der Waals surface area contributed by atoms with Gasteiger partial charge in [-0.1, -0.05) is 0 Å². The second-order valence-electron chi connectivity index (χ2n) is 7.20. The molecule has 0 atom stereocenters. The summed E-state index contributed by atoms with van der Waals surface area (Å²) in [6, 6.07) is 6.19. The number of nitrogens with zero attached hydrogens (tertiary/aromatic N) is 5. The number of hydrogen-bond acceptors (Lipinski definition) is 4. The molecular formula is C20H22FN5O2. The summed E-state index contributed by atoms with van der Waals surface area (Å²) < 4.78 is 16.7. The number of likely N-dealkylation sites (tertiary alicyclic amines) is 1. The van der Waals surface area contributed by atoms with Crippen molar-refractivity contribution in [1.29, 1.82) is 0 Å². The SMILES string of the molecule is Cc1cc(F)ccc1-n1cc(O)c(C(=O)N2CCC(Cn3cccn3)CC2)n1. The lowest BCUT2D eigenvalue weighted by Crippen LogP contribution is -2.39. The van der Waals surface area contributed by atoms with Crippen molar-refractivity contribution in [3.05, 3.63) is 59.9 Å². The number of amides is 1. The van der Waals surface area contributed by atoms with Crippen LogP contribution in [0.15, 0.2) is 42.9 Å². The molecule has 0 saturated carbocycles. The molecule has 1 fully saturated rings. The van der Waals surface area contributed by atoms with Gasteiger partial charge in [-0.25, -0.2) is 9.07 Å². The van der Waals surface area contributed by atoms with Gasteiger partial charge in [-0.15, -0.1) is 0 Å². The van der Waals surface area contributed by atoms with E-state index >= 15 is 0 Å². The molecule has 2 aromatic heterocycles. The molecule has 146 valence electrons. The molecule has 0 aliphatic carbocycles. The standard InChI is InChI=1S/C20H22FN5O2/c1-14-11-16(21)3-4-17(14)26-13-18(27)19(23-26)20(28)24-9-5-15(6-10-24)12-25-8-2-7-22-25/h2-4,7-8,11,13,15,27H,5-6,9-10,12H2,1H3. The summed E-state index contributed by atoms with van der Waals surface area (Å²) in [6.45, 7) is 3.83. The van der Waals surface area contributed by atoms with Gasteiger partial charge >= 0.3 is 0 Å². The quantitative estimate of drug-likeness (QED) is 0.752. The normalized spacial score (nSPS) is 15.1. The lowest BCUT2D eigenvalue weighted by molar-refractivity contribution is 0.0672. The number of carbonyl (C=O) groups is 1. The average Bonchev–Trinajstić information content (AvgIpc) is 3.31. The van der Waals surface area contributed by atoms with Crippen molar-refractivity contribution in [2.45, 2.75) is 26.3 Å². The Morgan fingerprint density at radius 3 is 2.79 bits per heavy atom. The molecule has 0 spiro atoms. The van der Waals surface area contributed by atoms with Crippen LogP contribution in [-0.4, -0.2) is 48.6 Å². The first-order chi connectivity index (χ1) is 13.5. The van der Waals surface area contributed by atoms with Crippen molar-refractivity contribution in [1.82, 2.24) is 24.5 Å². The topological polar surface area (TPSA) is 76.2 Å². The highest BCUT2D eigenvalue weighted by Gasteiger charge is 2.27. The van der Waals surface area contributed by atoms with Gasteiger partial charge in [0.15, 0.2) is 11.4 Å². The van der Waals surface area contributed by atoms with E-state index in [0.717, 1.165) is 19.4 Å². The summed E-state index contributed by atoms with van der Waals surface area (Å²) in [5.74, 6) is -0.329. The van der Waals surface area contributed by atoms with Crippen LogP contribution in [0.1, 0.15) is 28.9 Å². The smallest absolute Gasteiger partial charge is 0.278 e. The molecule has 1 aliphatic rings. The van der Waals surface area contributed by atoms with Gasteiger partial charge in [-0.2, -0.15) is 10.2 Å². The van der Waals surface area contributed by atoms with Crippen molar-refractivity contribution in [2.75, 3.05) is 13.1 Å². The van der Waals surface area contributed by atoms with Crippen molar-refractivity contribution in [3.63, 3.8) is 0 Å². The number of aryl methyl sites for hydroxylation is 1. The van der Waals surface area contributed by atoms with E-state index < -0.39 is 0 Å². The van der Waals surface area contributed by atoms with Crippen LogP contribution >= 0.6 is 0 Å². The fourth-order valence-electron chi connectivity index (χ4n) is 3.66. The average molecular weight is 383 g/mol. The molecule has 1 N–H and O–H groups in total. The first-order valence-corrected chi connectivity index (χ1v) is 9.33. The summed E-state index contributed by atoms with van der Waals surface area (Å²) >= 11 is 0. The van der Waals surface area contributed by atoms with Crippen molar-refractivity contribution >= 4 is 5.91 Å². The minimum absolute atomic E-state index is 0.0225. The Morgan fingerprint density at radius 1 is 1.32 bits per heavy atom. The summed E-state index contributed by atoms with van der Waals surface area (Å²) in [7, 11) is 0. The predicted molar refractivity (Wildman–Crippen MR) is 101 cm³/mol. The molecule has 3 aromatic rings. The molecule has 8 heteroatoms. The highest BCUT2D eigenvalue weighted by molar-refractivity contribution is 5.94.